The van der Waals surface area contributed by atoms with Crippen LogP contribution in [-0.4, -0.2) is 10.9 Å². The van der Waals surface area contributed by atoms with Crippen LogP contribution in [0.5, 0.6) is 0 Å². The Labute approximate surface area is 94.9 Å². The lowest BCUT2D eigenvalue weighted by Crippen LogP contribution is -2.03. The van der Waals surface area contributed by atoms with E-state index in [0.717, 1.165) is 33.8 Å². The Morgan fingerprint density at radius 3 is 2.88 bits per heavy atom. The van der Waals surface area contributed by atoms with Crippen molar-refractivity contribution in [3.05, 3.63) is 38.8 Å². The predicted molar refractivity (Wildman–Crippen MR) is 62.7 cm³/mol. The zero-order valence-corrected chi connectivity index (χ0v) is 9.06. The lowest BCUT2D eigenvalue weighted by atomic mass is 10.1. The molecule has 2 aromatic rings. The maximum absolute atomic E-state index is 11.2. The standard InChI is InChI=1S/C11H8N2O2S/c14-10-4-7-3-6(1-2-8(7)12-10)9-5-16-11(15)13-9/h1-3,5H,4H2,(H,12,14)(H,13,15). The fourth-order valence-electron chi connectivity index (χ4n) is 1.82. The molecule has 0 saturated heterocycles. The molecule has 0 fully saturated rings. The number of aromatic nitrogens is 1. The Balaban J connectivity index is 2.08. The molecule has 0 saturated carbocycles. The van der Waals surface area contributed by atoms with Gasteiger partial charge in [0.05, 0.1) is 12.1 Å². The van der Waals surface area contributed by atoms with Crippen molar-refractivity contribution in [3.8, 4) is 11.3 Å². The van der Waals surface area contributed by atoms with Gasteiger partial charge in [0, 0.05) is 11.1 Å². The van der Waals surface area contributed by atoms with Crippen molar-refractivity contribution in [1.29, 1.82) is 0 Å². The van der Waals surface area contributed by atoms with Gasteiger partial charge in [-0.2, -0.15) is 0 Å². The highest BCUT2D eigenvalue weighted by molar-refractivity contribution is 7.07. The average Bonchev–Trinajstić information content (AvgIpc) is 2.81. The second-order valence-electron chi connectivity index (χ2n) is 3.66. The maximum Gasteiger partial charge on any atom is 0.304 e. The topological polar surface area (TPSA) is 62.0 Å². The van der Waals surface area contributed by atoms with Crippen molar-refractivity contribution in [3.63, 3.8) is 0 Å². The third-order valence-corrected chi connectivity index (χ3v) is 3.23. The Bertz CT molecular complexity index is 627. The van der Waals surface area contributed by atoms with Gasteiger partial charge in [0.25, 0.3) is 0 Å². The van der Waals surface area contributed by atoms with Crippen LogP contribution >= 0.6 is 11.3 Å². The van der Waals surface area contributed by atoms with Crippen LogP contribution in [0.4, 0.5) is 5.69 Å². The molecule has 80 valence electrons. The number of thiazole rings is 1. The van der Waals surface area contributed by atoms with Crippen LogP contribution in [-0.2, 0) is 11.2 Å². The van der Waals surface area contributed by atoms with Crippen LogP contribution in [0.15, 0.2) is 28.4 Å². The summed E-state index contributed by atoms with van der Waals surface area (Å²) in [7, 11) is 0. The van der Waals surface area contributed by atoms with Gasteiger partial charge in [-0.1, -0.05) is 17.4 Å². The van der Waals surface area contributed by atoms with Crippen molar-refractivity contribution >= 4 is 22.9 Å². The van der Waals surface area contributed by atoms with Crippen molar-refractivity contribution in [2.24, 2.45) is 0 Å². The normalized spacial score (nSPS) is 13.6. The number of hydrogen-bond acceptors (Lipinski definition) is 3. The first kappa shape index (κ1) is 9.35. The lowest BCUT2D eigenvalue weighted by molar-refractivity contribution is -0.115. The minimum absolute atomic E-state index is 0.0194. The van der Waals surface area contributed by atoms with E-state index in [4.69, 9.17) is 0 Å². The maximum atomic E-state index is 11.2. The molecule has 16 heavy (non-hydrogen) atoms. The number of anilines is 1. The first-order valence-corrected chi connectivity index (χ1v) is 5.71. The Kier molecular flexibility index (Phi) is 1.94. The molecule has 2 N–H and O–H groups in total. The van der Waals surface area contributed by atoms with Gasteiger partial charge in [0.15, 0.2) is 0 Å². The van der Waals surface area contributed by atoms with E-state index in [-0.39, 0.29) is 10.8 Å². The van der Waals surface area contributed by atoms with E-state index in [2.05, 4.69) is 10.3 Å². The second-order valence-corrected chi connectivity index (χ2v) is 4.50. The monoisotopic (exact) mass is 232 g/mol. The number of amides is 1. The number of benzene rings is 1. The molecule has 1 amide bonds. The fourth-order valence-corrected chi connectivity index (χ4v) is 2.41. The van der Waals surface area contributed by atoms with E-state index in [9.17, 15) is 9.59 Å². The molecule has 0 atom stereocenters. The number of H-pyrrole nitrogens is 1. The van der Waals surface area contributed by atoms with E-state index in [1.165, 1.54) is 0 Å². The van der Waals surface area contributed by atoms with Gasteiger partial charge in [-0.15, -0.1) is 0 Å². The second kappa shape index (κ2) is 3.31. The zero-order valence-electron chi connectivity index (χ0n) is 8.24. The van der Waals surface area contributed by atoms with E-state index < -0.39 is 0 Å². The highest BCUT2D eigenvalue weighted by atomic mass is 32.1. The first-order valence-electron chi connectivity index (χ1n) is 4.83. The van der Waals surface area contributed by atoms with E-state index in [0.29, 0.717) is 6.42 Å². The summed E-state index contributed by atoms with van der Waals surface area (Å²) in [5, 5.41) is 4.56. The molecule has 1 aromatic heterocycles. The molecule has 1 aliphatic heterocycles. The lowest BCUT2D eigenvalue weighted by Gasteiger charge is -2.01. The quantitative estimate of drug-likeness (QED) is 0.784. The van der Waals surface area contributed by atoms with Crippen LogP contribution in [0.25, 0.3) is 11.3 Å². The van der Waals surface area contributed by atoms with Gasteiger partial charge in [0.1, 0.15) is 0 Å². The minimum atomic E-state index is -0.0651. The summed E-state index contributed by atoms with van der Waals surface area (Å²) in [6.45, 7) is 0. The van der Waals surface area contributed by atoms with Gasteiger partial charge in [-0.05, 0) is 23.3 Å². The summed E-state index contributed by atoms with van der Waals surface area (Å²) in [6, 6.07) is 5.69. The molecule has 4 nitrogen and oxygen atoms in total. The Morgan fingerprint density at radius 2 is 2.12 bits per heavy atom. The third-order valence-electron chi connectivity index (χ3n) is 2.56. The van der Waals surface area contributed by atoms with Crippen molar-refractivity contribution < 1.29 is 4.79 Å². The number of carbonyl (C=O) groups is 1. The molecule has 2 heterocycles. The Morgan fingerprint density at radius 1 is 1.25 bits per heavy atom. The smallest absolute Gasteiger partial charge is 0.304 e. The summed E-state index contributed by atoms with van der Waals surface area (Å²) >= 11 is 1.14. The molecule has 0 spiro atoms. The third kappa shape index (κ3) is 1.45. The van der Waals surface area contributed by atoms with Crippen LogP contribution in [0.3, 0.4) is 0 Å². The van der Waals surface area contributed by atoms with Gasteiger partial charge in [0.2, 0.25) is 5.91 Å². The van der Waals surface area contributed by atoms with Gasteiger partial charge in [-0.25, -0.2) is 0 Å². The highest BCUT2D eigenvalue weighted by Crippen LogP contribution is 2.28. The molecule has 0 radical (unpaired) electrons. The van der Waals surface area contributed by atoms with Crippen LogP contribution in [0.1, 0.15) is 5.56 Å². The molecule has 5 heteroatoms. The predicted octanol–water partition coefficient (Wildman–Crippen LogP) is 1.60. The summed E-state index contributed by atoms with van der Waals surface area (Å²) in [5.74, 6) is 0.0194. The minimum Gasteiger partial charge on any atom is -0.326 e. The summed E-state index contributed by atoms with van der Waals surface area (Å²) < 4.78 is 0. The molecule has 0 aliphatic carbocycles. The summed E-state index contributed by atoms with van der Waals surface area (Å²) in [4.78, 5) is 24.9. The van der Waals surface area contributed by atoms with Crippen LogP contribution in [0.2, 0.25) is 0 Å². The number of rotatable bonds is 1. The number of fused-ring (bicyclic) bond motifs is 1. The molecule has 3 rings (SSSR count). The number of aromatic amines is 1. The van der Waals surface area contributed by atoms with E-state index in [1.54, 1.807) is 5.38 Å². The molecular formula is C11H8N2O2S. The van der Waals surface area contributed by atoms with Crippen molar-refractivity contribution in [2.75, 3.05) is 5.32 Å². The summed E-state index contributed by atoms with van der Waals surface area (Å²) in [5.41, 5.74) is 3.59. The zero-order chi connectivity index (χ0) is 11.1. The summed E-state index contributed by atoms with van der Waals surface area (Å²) in [6.07, 6.45) is 0.414. The Hall–Kier alpha value is -1.88. The van der Waals surface area contributed by atoms with Gasteiger partial charge < -0.3 is 10.3 Å². The van der Waals surface area contributed by atoms with Crippen molar-refractivity contribution in [2.45, 2.75) is 6.42 Å². The fraction of sp³-hybridized carbons (Fsp3) is 0.0909. The number of carbonyl (C=O) groups excluding carboxylic acids is 1. The number of nitrogens with one attached hydrogen (secondary N) is 2. The average molecular weight is 232 g/mol. The van der Waals surface area contributed by atoms with Crippen LogP contribution < -0.4 is 10.2 Å². The van der Waals surface area contributed by atoms with E-state index >= 15 is 0 Å². The molecule has 1 aromatic carbocycles. The van der Waals surface area contributed by atoms with Crippen LogP contribution in [0, 0.1) is 0 Å². The largest absolute Gasteiger partial charge is 0.326 e. The van der Waals surface area contributed by atoms with Crippen molar-refractivity contribution in [1.82, 2.24) is 4.98 Å². The highest BCUT2D eigenvalue weighted by Gasteiger charge is 2.17. The SMILES string of the molecule is O=C1Cc2cc(-c3csc(=O)[nH]3)ccc2N1. The molecule has 0 bridgehead atoms. The number of hydrogen-bond donors (Lipinski definition) is 2. The first-order chi connectivity index (χ1) is 7.72. The molecular weight excluding hydrogens is 224 g/mol. The van der Waals surface area contributed by atoms with Gasteiger partial charge >= 0.3 is 4.87 Å². The van der Waals surface area contributed by atoms with Gasteiger partial charge in [-0.3, -0.25) is 9.59 Å². The van der Waals surface area contributed by atoms with E-state index in [1.807, 2.05) is 18.2 Å². The molecule has 0 unspecified atom stereocenters. The molecule has 1 aliphatic rings.